The number of phenolic OH excluding ortho intramolecular Hbond substituents is 1. The van der Waals surface area contributed by atoms with Crippen LogP contribution in [0.5, 0.6) is 5.75 Å². The van der Waals surface area contributed by atoms with Crippen LogP contribution in [0.4, 0.5) is 0 Å². The van der Waals surface area contributed by atoms with E-state index in [4.69, 9.17) is 33.2 Å². The zero-order chi connectivity index (χ0) is 75.2. The second-order valence-electron chi connectivity index (χ2n) is 32.6. The molecule has 0 radical (unpaired) electrons. The van der Waals surface area contributed by atoms with Crippen molar-refractivity contribution in [3.8, 4) is 5.75 Å². The molecule has 23 aliphatic carbocycles. The van der Waals surface area contributed by atoms with Crippen LogP contribution in [0.25, 0.3) is 22.1 Å². The van der Waals surface area contributed by atoms with Gasteiger partial charge >= 0.3 is 29.8 Å². The first-order chi connectivity index (χ1) is 52.6. The number of aromatic hydroxyl groups is 1. The summed E-state index contributed by atoms with van der Waals surface area (Å²) in [5.41, 5.74) is -46.7. The van der Waals surface area contributed by atoms with Crippen LogP contribution < -0.4 is 0 Å². The number of aliphatic hydroxyl groups is 9. The van der Waals surface area contributed by atoms with E-state index in [1.165, 1.54) is 18.2 Å². The first-order valence-electron chi connectivity index (χ1n) is 34.8. The summed E-state index contributed by atoms with van der Waals surface area (Å²) in [4.78, 5) is 129. The number of carboxylic acids is 5. The highest BCUT2D eigenvalue weighted by Gasteiger charge is 3.10. The number of ether oxygens (including phenoxy) is 7. The van der Waals surface area contributed by atoms with E-state index < -0.39 is 303 Å². The monoisotopic (exact) mass is 1480 g/mol. The standard InChI is InChI=1S/C79H36O31/c80-8-104-56-12-1-3-14(65(90)91)26-24(12)31-32-40(56)59(107-11-83)42-47-48(32)77-64-63-72(102)60-36(38(69(98)99)39(54(26)88)44(31)75(60,77)109-77)28(67(94)95)19-7-21(85)29-37(68(96)97)34-33-35-25-17(53(34)87)5-16-22-18(6-20(84)23(16)66(92)93)57(105-9-81)41-45(30(22)25)76-61(35)79(78(63,110-79)49(33)46(29)70(19,72)100)62-50-27-13(58(106-10-82)51(55(41)89)74(50,76)108-76)2-4-15(52(42)86)43(27)71(47,101)73(62,64)103/h1-11,22,25,32-33,43,47-49,60,62,84-89,100-103H,(H,90,91)(H,92,93)(H,94,95)(H,96,97)(H,98,99)/t22?,25?,32?,33?,43?,47?,48?,49?,60?,62?,70-,71-,72-,73+,74+,75-,76+,77+,78-,79+/m0/s1. The number of rotatable bonds is 13. The smallest absolute Gasteiger partial charge is 0.339 e. The molecular formula is C79H36O31. The minimum absolute atomic E-state index is 0.00409. The molecule has 10 unspecified atom stereocenters. The van der Waals surface area contributed by atoms with Crippen molar-refractivity contribution in [1.29, 1.82) is 0 Å². The summed E-state index contributed by atoms with van der Waals surface area (Å²) < 4.78 is 48.5. The molecule has 3 saturated carbocycles. The van der Waals surface area contributed by atoms with Gasteiger partial charge in [0.25, 0.3) is 25.9 Å². The Balaban J connectivity index is 0.943. The van der Waals surface area contributed by atoms with Gasteiger partial charge in [0, 0.05) is 147 Å². The van der Waals surface area contributed by atoms with Gasteiger partial charge in [0.2, 0.25) is 0 Å². The molecule has 15 N–H and O–H groups in total. The Morgan fingerprint density at radius 1 is 0.500 bits per heavy atom. The fourth-order valence-corrected chi connectivity index (χ4v) is 29.4. The van der Waals surface area contributed by atoms with Crippen LogP contribution in [0.2, 0.25) is 0 Å². The van der Waals surface area contributed by atoms with Crippen molar-refractivity contribution < 1.29 is 153 Å². The van der Waals surface area contributed by atoms with Crippen LogP contribution in [0.3, 0.4) is 0 Å². The molecule has 0 aromatic heterocycles. The van der Waals surface area contributed by atoms with Crippen LogP contribution in [-0.2, 0) is 77.1 Å². The Morgan fingerprint density at radius 3 is 1.87 bits per heavy atom. The Hall–Kier alpha value is -12.8. The number of carboxylic acid groups (broad SMARTS) is 5. The van der Waals surface area contributed by atoms with Gasteiger partial charge in [-0.15, -0.1) is 0 Å². The quantitative estimate of drug-likeness (QED) is 0.0593. The van der Waals surface area contributed by atoms with Crippen LogP contribution in [0.1, 0.15) is 38.5 Å². The minimum Gasteiger partial charge on any atom is -0.507 e. The Labute approximate surface area is 605 Å². The van der Waals surface area contributed by atoms with Gasteiger partial charge in [-0.1, -0.05) is 12.2 Å². The van der Waals surface area contributed by atoms with Crippen LogP contribution >= 0.6 is 0 Å². The van der Waals surface area contributed by atoms with Crippen molar-refractivity contribution in [3.05, 3.63) is 256 Å². The van der Waals surface area contributed by atoms with Gasteiger partial charge < -0.3 is 110 Å². The molecule has 110 heavy (non-hydrogen) atoms. The first kappa shape index (κ1) is 58.4. The lowest BCUT2D eigenvalue weighted by molar-refractivity contribution is -0.258. The second-order valence-corrected chi connectivity index (χ2v) is 32.6. The highest BCUT2D eigenvalue weighted by atomic mass is 16.7. The number of aliphatic hydroxyl groups excluding tert-OH is 5. The van der Waals surface area contributed by atoms with Gasteiger partial charge in [-0.3, -0.25) is 19.2 Å². The lowest BCUT2D eigenvalue weighted by Crippen LogP contribution is -2.89. The maximum Gasteiger partial charge on any atom is 0.339 e. The molecule has 3 saturated heterocycles. The Bertz CT molecular complexity index is 6740. The molecule has 6 spiro atoms. The zero-order valence-corrected chi connectivity index (χ0v) is 54.4. The van der Waals surface area contributed by atoms with Gasteiger partial charge in [0.05, 0.1) is 45.3 Å². The molecule has 20 atom stereocenters. The van der Waals surface area contributed by atoms with Gasteiger partial charge in [-0.05, 0) is 74.9 Å². The molecule has 3 heterocycles. The number of aromatic carboxylic acids is 1. The molecular weight excluding hydrogens is 1440 g/mol. The molecule has 6 fully saturated rings. The van der Waals surface area contributed by atoms with E-state index in [1.54, 1.807) is 0 Å². The van der Waals surface area contributed by atoms with E-state index in [0.717, 1.165) is 18.2 Å². The zero-order valence-electron chi connectivity index (χ0n) is 54.4. The third-order valence-electron chi connectivity index (χ3n) is 30.8. The maximum absolute atomic E-state index is 16.8. The summed E-state index contributed by atoms with van der Waals surface area (Å²) in [5, 5.41) is 206. The van der Waals surface area contributed by atoms with E-state index in [9.17, 15) is 84.9 Å². The van der Waals surface area contributed by atoms with Gasteiger partial charge in [0.1, 0.15) is 108 Å². The van der Waals surface area contributed by atoms with Crippen LogP contribution in [0.15, 0.2) is 228 Å². The van der Waals surface area contributed by atoms with Crippen molar-refractivity contribution in [2.75, 3.05) is 0 Å². The second kappa shape index (κ2) is 15.3. The number of hydrogen-bond donors (Lipinski definition) is 15. The Morgan fingerprint density at radius 2 is 1.17 bits per heavy atom. The molecule has 31 nitrogen and oxygen atoms in total. The summed E-state index contributed by atoms with van der Waals surface area (Å²) in [6, 6.07) is 2.11. The number of epoxide rings is 3. The van der Waals surface area contributed by atoms with E-state index >= 15 is 34.8 Å². The van der Waals surface area contributed by atoms with Crippen molar-refractivity contribution in [2.45, 2.75) is 61.9 Å². The Kier molecular flexibility index (Phi) is 8.09. The summed E-state index contributed by atoms with van der Waals surface area (Å²) >= 11 is 0. The molecule has 28 rings (SSSR count). The highest BCUT2D eigenvalue weighted by Crippen LogP contribution is 3.01. The van der Waals surface area contributed by atoms with E-state index in [0.29, 0.717) is 6.08 Å². The fraction of sp³-hybridized carbons (Fsp3) is 0.253. The fourth-order valence-electron chi connectivity index (χ4n) is 29.4. The maximum atomic E-state index is 16.8. The SMILES string of the molecule is O=COC1=C2C=CC3=C(O)C4=C(OC=O)C5=C(OC=O)c6ccc(C(=O)O)c7c(O)c8c9c(c67)C5C5C4[C@@]4(O)C3C2=C2C3[C@@]67O[C@@]6%10C6=C([C@]34O)[C@]53O[C@]93C3C(=C8C(=O)O)C(C(=O)O)=C4C=C(O)C5=C(C%10C8C(=C5C(=O)O)C(O)=C5C=C9C(C(=O)O)=C(O)C=C%10C(OC=O)=C%11C(O)=C1[C@]21O[C@@]12C%11=C(C%109)C5C8=C27)[C@]4(O)[C@@]63O. The average Bonchev–Trinajstić information content (AvgIpc) is 1.35. The number of aliphatic carboxylic acids is 4. The summed E-state index contributed by atoms with van der Waals surface area (Å²) in [7, 11) is 0. The molecule has 31 heteroatoms. The van der Waals surface area contributed by atoms with Gasteiger partial charge in [-0.2, -0.15) is 0 Å². The van der Waals surface area contributed by atoms with Crippen LogP contribution in [-0.4, -0.2) is 183 Å². The largest absolute Gasteiger partial charge is 0.507 e. The normalized spacial score (nSPS) is 43.4. The van der Waals surface area contributed by atoms with E-state index in [1.807, 2.05) is 0 Å². The summed E-state index contributed by atoms with van der Waals surface area (Å²) in [5.74, 6) is -37.9. The van der Waals surface area contributed by atoms with Crippen molar-refractivity contribution in [2.24, 2.45) is 53.3 Å². The number of allylic oxidation sites excluding steroid dienone is 14. The molecule has 2 aromatic rings. The molecule has 0 bridgehead atoms. The number of carbonyl (C=O) groups excluding carboxylic acids is 4. The summed E-state index contributed by atoms with van der Waals surface area (Å²) in [6.07, 6.45) is 5.32. The molecule has 0 amide bonds. The molecule has 26 aliphatic rings. The third-order valence-corrected chi connectivity index (χ3v) is 30.8. The topological polar surface area (TPSA) is 532 Å². The number of phenols is 1. The summed E-state index contributed by atoms with van der Waals surface area (Å²) in [6.45, 7) is -0.151. The van der Waals surface area contributed by atoms with Gasteiger partial charge in [0.15, 0.2) is 11.2 Å². The van der Waals surface area contributed by atoms with Crippen LogP contribution in [0, 0.1) is 53.3 Å². The number of benzene rings is 2. The van der Waals surface area contributed by atoms with Crippen molar-refractivity contribution in [1.82, 2.24) is 0 Å². The van der Waals surface area contributed by atoms with Crippen molar-refractivity contribution >= 4 is 77.8 Å². The van der Waals surface area contributed by atoms with E-state index in [2.05, 4.69) is 0 Å². The van der Waals surface area contributed by atoms with Gasteiger partial charge in [-0.25, -0.2) is 24.0 Å². The molecule has 3 aliphatic heterocycles. The predicted molar refractivity (Wildman–Crippen MR) is 343 cm³/mol. The molecule has 538 valence electrons. The lowest BCUT2D eigenvalue weighted by atomic mass is 9.23. The number of hydrogen-bond acceptors (Lipinski definition) is 26. The first-order valence-corrected chi connectivity index (χ1v) is 34.8. The minimum atomic E-state index is -3.71. The third kappa shape index (κ3) is 4.25. The average molecular weight is 1480 g/mol. The van der Waals surface area contributed by atoms with Crippen molar-refractivity contribution in [3.63, 3.8) is 0 Å². The predicted octanol–water partition coefficient (Wildman–Crippen LogP) is 2.52. The lowest BCUT2D eigenvalue weighted by Gasteiger charge is -2.78. The number of carbonyl (C=O) groups is 9. The highest BCUT2D eigenvalue weighted by molar-refractivity contribution is 6.26. The van der Waals surface area contributed by atoms with E-state index in [-0.39, 0.29) is 109 Å². The molecule has 2 aromatic carbocycles.